The highest BCUT2D eigenvalue weighted by molar-refractivity contribution is 7.00. The third-order valence-electron chi connectivity index (χ3n) is 7.07. The van der Waals surface area contributed by atoms with Crippen molar-refractivity contribution in [3.8, 4) is 11.1 Å². The van der Waals surface area contributed by atoms with E-state index >= 15 is 0 Å². The number of aromatic nitrogens is 4. The fourth-order valence-electron chi connectivity index (χ4n) is 4.80. The molecule has 2 heterocycles. The summed E-state index contributed by atoms with van der Waals surface area (Å²) in [5.41, 5.74) is 11.8. The normalized spacial score (nSPS) is 13.7. The van der Waals surface area contributed by atoms with Gasteiger partial charge in [-0.2, -0.15) is 17.5 Å². The summed E-state index contributed by atoms with van der Waals surface area (Å²) in [5, 5.41) is 0. The smallest absolute Gasteiger partial charge is 0.112 e. The van der Waals surface area contributed by atoms with Gasteiger partial charge in [-0.3, -0.25) is 0 Å². The number of rotatable bonds is 7. The minimum atomic E-state index is 0.451. The average molecular weight is 487 g/mol. The Hall–Kier alpha value is -2.70. The molecule has 0 aliphatic carbocycles. The van der Waals surface area contributed by atoms with Crippen molar-refractivity contribution < 1.29 is 0 Å². The van der Waals surface area contributed by atoms with Crippen LogP contribution in [0.2, 0.25) is 0 Å². The summed E-state index contributed by atoms with van der Waals surface area (Å²) < 4.78 is 18.3. The summed E-state index contributed by atoms with van der Waals surface area (Å²) in [7, 11) is 0. The first-order chi connectivity index (χ1) is 16.4. The molecule has 2 aromatic heterocycles. The number of hydrogen-bond acceptors (Lipinski definition) is 6. The van der Waals surface area contributed by atoms with E-state index in [0.717, 1.165) is 40.5 Å². The van der Waals surface area contributed by atoms with Crippen molar-refractivity contribution in [3.05, 3.63) is 70.8 Å². The minimum Gasteiger partial charge on any atom is -0.173 e. The van der Waals surface area contributed by atoms with E-state index in [4.69, 9.17) is 0 Å². The molecule has 0 radical (unpaired) electrons. The van der Waals surface area contributed by atoms with Crippen LogP contribution in [0.5, 0.6) is 0 Å². The van der Waals surface area contributed by atoms with Crippen molar-refractivity contribution in [2.24, 2.45) is 0 Å². The van der Waals surface area contributed by atoms with Gasteiger partial charge in [0.05, 0.1) is 23.5 Å². The standard InChI is InChI=1S/C28H30N4S2/c1-16(2)22-14-15-23(27-26(22)30-34-31-27)18(4)7-6-17(3)20-9-11-21(12-10-20)24-13-8-19(5)25-28(24)32-33-29-25/h8-18H,6-7H2,1-5H3. The molecule has 5 aromatic rings. The predicted octanol–water partition coefficient (Wildman–Crippen LogP) is 8.48. The second-order valence-corrected chi connectivity index (χ2v) is 10.8. The molecule has 2 unspecified atom stereocenters. The molecule has 174 valence electrons. The van der Waals surface area contributed by atoms with Gasteiger partial charge in [0.15, 0.2) is 0 Å². The molecule has 0 aliphatic heterocycles. The van der Waals surface area contributed by atoms with Gasteiger partial charge in [0.1, 0.15) is 22.1 Å². The monoisotopic (exact) mass is 486 g/mol. The lowest BCUT2D eigenvalue weighted by molar-refractivity contribution is 0.575. The SMILES string of the molecule is Cc1ccc(-c2ccc(C(C)CCC(C)c3ccc(C(C)C)c4nsnc34)cc2)c2nsnc12. The van der Waals surface area contributed by atoms with Gasteiger partial charge in [0.2, 0.25) is 0 Å². The number of hydrogen-bond donors (Lipinski definition) is 0. The van der Waals surface area contributed by atoms with Crippen LogP contribution in [-0.4, -0.2) is 17.5 Å². The lowest BCUT2D eigenvalue weighted by Gasteiger charge is -2.18. The van der Waals surface area contributed by atoms with Crippen molar-refractivity contribution in [1.82, 2.24) is 17.5 Å². The van der Waals surface area contributed by atoms with Gasteiger partial charge < -0.3 is 0 Å². The van der Waals surface area contributed by atoms with Gasteiger partial charge >= 0.3 is 0 Å². The highest BCUT2D eigenvalue weighted by Crippen LogP contribution is 2.35. The van der Waals surface area contributed by atoms with E-state index in [-0.39, 0.29) is 0 Å². The zero-order chi connectivity index (χ0) is 23.8. The van der Waals surface area contributed by atoms with Crippen LogP contribution in [0.4, 0.5) is 0 Å². The van der Waals surface area contributed by atoms with E-state index in [1.807, 2.05) is 0 Å². The molecule has 0 N–H and O–H groups in total. The summed E-state index contributed by atoms with van der Waals surface area (Å²) in [6.45, 7) is 11.2. The van der Waals surface area contributed by atoms with Gasteiger partial charge in [-0.05, 0) is 65.3 Å². The molecular weight excluding hydrogens is 456 g/mol. The van der Waals surface area contributed by atoms with E-state index in [9.17, 15) is 0 Å². The second kappa shape index (κ2) is 9.51. The van der Waals surface area contributed by atoms with Gasteiger partial charge in [-0.15, -0.1) is 0 Å². The zero-order valence-electron chi connectivity index (χ0n) is 20.4. The lowest BCUT2D eigenvalue weighted by Crippen LogP contribution is -2.01. The second-order valence-electron chi connectivity index (χ2n) is 9.75. The summed E-state index contributed by atoms with van der Waals surface area (Å²) >= 11 is 2.62. The molecule has 0 saturated heterocycles. The topological polar surface area (TPSA) is 51.6 Å². The van der Waals surface area contributed by atoms with E-state index < -0.39 is 0 Å². The van der Waals surface area contributed by atoms with Crippen LogP contribution in [0.1, 0.15) is 80.5 Å². The van der Waals surface area contributed by atoms with E-state index in [0.29, 0.717) is 17.8 Å². The largest absolute Gasteiger partial charge is 0.173 e. The summed E-state index contributed by atoms with van der Waals surface area (Å²) in [4.78, 5) is 0. The Morgan fingerprint density at radius 3 is 1.91 bits per heavy atom. The number of benzene rings is 3. The summed E-state index contributed by atoms with van der Waals surface area (Å²) in [6.07, 6.45) is 2.26. The van der Waals surface area contributed by atoms with Crippen molar-refractivity contribution in [2.45, 2.75) is 65.2 Å². The molecule has 0 aliphatic rings. The number of nitrogens with zero attached hydrogens (tertiary/aromatic N) is 4. The van der Waals surface area contributed by atoms with Crippen molar-refractivity contribution >= 4 is 45.5 Å². The molecule has 0 bridgehead atoms. The van der Waals surface area contributed by atoms with Crippen LogP contribution >= 0.6 is 23.5 Å². The maximum absolute atomic E-state index is 4.65. The summed E-state index contributed by atoms with van der Waals surface area (Å²) in [6, 6.07) is 17.8. The van der Waals surface area contributed by atoms with Crippen LogP contribution < -0.4 is 0 Å². The summed E-state index contributed by atoms with van der Waals surface area (Å²) in [5.74, 6) is 1.41. The number of fused-ring (bicyclic) bond motifs is 2. The fraction of sp³-hybridized carbons (Fsp3) is 0.357. The van der Waals surface area contributed by atoms with Gasteiger partial charge in [0, 0.05) is 5.56 Å². The van der Waals surface area contributed by atoms with E-state index in [1.54, 1.807) is 0 Å². The third kappa shape index (κ3) is 4.25. The average Bonchev–Trinajstić information content (AvgIpc) is 3.53. The predicted molar refractivity (Wildman–Crippen MR) is 145 cm³/mol. The van der Waals surface area contributed by atoms with Crippen molar-refractivity contribution in [2.75, 3.05) is 0 Å². The third-order valence-corrected chi connectivity index (χ3v) is 8.13. The molecular formula is C28H30N4S2. The van der Waals surface area contributed by atoms with E-state index in [1.165, 1.54) is 51.3 Å². The maximum atomic E-state index is 4.65. The van der Waals surface area contributed by atoms with Crippen molar-refractivity contribution in [3.63, 3.8) is 0 Å². The molecule has 0 spiro atoms. The van der Waals surface area contributed by atoms with Crippen molar-refractivity contribution in [1.29, 1.82) is 0 Å². The molecule has 2 atom stereocenters. The lowest BCUT2D eigenvalue weighted by atomic mass is 9.87. The fourth-order valence-corrected chi connectivity index (χ4v) is 6.01. The molecule has 34 heavy (non-hydrogen) atoms. The Morgan fingerprint density at radius 2 is 1.21 bits per heavy atom. The molecule has 0 fully saturated rings. The number of aryl methyl sites for hydroxylation is 1. The molecule has 0 saturated carbocycles. The first-order valence-electron chi connectivity index (χ1n) is 12.0. The quantitative estimate of drug-likeness (QED) is 0.231. The highest BCUT2D eigenvalue weighted by atomic mass is 32.1. The Labute approximate surface area is 209 Å². The highest BCUT2D eigenvalue weighted by Gasteiger charge is 2.18. The molecule has 3 aromatic carbocycles. The minimum absolute atomic E-state index is 0.451. The van der Waals surface area contributed by atoms with Crippen LogP contribution in [0.25, 0.3) is 33.2 Å². The Bertz CT molecular complexity index is 1430. The Balaban J connectivity index is 1.30. The molecule has 5 rings (SSSR count). The zero-order valence-corrected chi connectivity index (χ0v) is 22.0. The Kier molecular flexibility index (Phi) is 6.45. The first kappa shape index (κ1) is 23.1. The van der Waals surface area contributed by atoms with Crippen LogP contribution in [0.15, 0.2) is 48.5 Å². The van der Waals surface area contributed by atoms with E-state index in [2.05, 4.69) is 101 Å². The first-order valence-corrected chi connectivity index (χ1v) is 13.5. The van der Waals surface area contributed by atoms with Gasteiger partial charge in [0.25, 0.3) is 0 Å². The molecule has 6 heteroatoms. The maximum Gasteiger partial charge on any atom is 0.112 e. The van der Waals surface area contributed by atoms with Gasteiger partial charge in [-0.1, -0.05) is 76.2 Å². The van der Waals surface area contributed by atoms with Crippen LogP contribution in [-0.2, 0) is 0 Å². The van der Waals surface area contributed by atoms with Crippen LogP contribution in [0.3, 0.4) is 0 Å². The molecule has 0 amide bonds. The van der Waals surface area contributed by atoms with Crippen LogP contribution in [0, 0.1) is 6.92 Å². The molecule has 4 nitrogen and oxygen atoms in total. The van der Waals surface area contributed by atoms with Gasteiger partial charge in [-0.25, -0.2) is 0 Å². The Morgan fingerprint density at radius 1 is 0.618 bits per heavy atom.